The Hall–Kier alpha value is -3.52. The monoisotopic (exact) mass is 480 g/mol. The lowest BCUT2D eigenvalue weighted by atomic mass is 10.1. The Balaban J connectivity index is 1.36. The van der Waals surface area contributed by atoms with E-state index in [9.17, 15) is 14.0 Å². The van der Waals surface area contributed by atoms with Gasteiger partial charge in [0.2, 0.25) is 11.8 Å². The highest BCUT2D eigenvalue weighted by Crippen LogP contribution is 2.31. The van der Waals surface area contributed by atoms with Gasteiger partial charge in [0, 0.05) is 5.75 Å². The summed E-state index contributed by atoms with van der Waals surface area (Å²) in [7, 11) is 0. The second-order valence-electron chi connectivity index (χ2n) is 7.71. The summed E-state index contributed by atoms with van der Waals surface area (Å²) >= 11 is 1.42. The summed E-state index contributed by atoms with van der Waals surface area (Å²) in [5, 5.41) is 5.34. The molecule has 1 aliphatic heterocycles. The third-order valence-electron chi connectivity index (χ3n) is 5.23. The number of rotatable bonds is 8. The average molecular weight is 481 g/mol. The number of halogens is 1. The summed E-state index contributed by atoms with van der Waals surface area (Å²) in [5.74, 6) is 1.45. The van der Waals surface area contributed by atoms with Crippen LogP contribution < -0.4 is 20.1 Å². The summed E-state index contributed by atoms with van der Waals surface area (Å²) in [6.07, 6.45) is 0.476. The molecule has 34 heavy (non-hydrogen) atoms. The normalized spacial score (nSPS) is 17.5. The van der Waals surface area contributed by atoms with Crippen molar-refractivity contribution < 1.29 is 23.5 Å². The van der Waals surface area contributed by atoms with E-state index in [0.717, 1.165) is 11.3 Å². The lowest BCUT2D eigenvalue weighted by Gasteiger charge is -2.28. The van der Waals surface area contributed by atoms with Gasteiger partial charge >= 0.3 is 0 Å². The van der Waals surface area contributed by atoms with E-state index < -0.39 is 6.04 Å². The largest absolute Gasteiger partial charge is 0.494 e. The predicted molar refractivity (Wildman–Crippen MR) is 131 cm³/mol. The lowest BCUT2D eigenvalue weighted by molar-refractivity contribution is -0.126. The van der Waals surface area contributed by atoms with E-state index >= 15 is 0 Å². The van der Waals surface area contributed by atoms with Gasteiger partial charge in [0.1, 0.15) is 23.4 Å². The fourth-order valence-electron chi connectivity index (χ4n) is 3.50. The number of carbonyl (C=O) groups is 2. The van der Waals surface area contributed by atoms with Crippen LogP contribution in [0.1, 0.15) is 12.5 Å². The van der Waals surface area contributed by atoms with E-state index in [2.05, 4.69) is 10.6 Å². The van der Waals surface area contributed by atoms with Crippen LogP contribution in [0.2, 0.25) is 0 Å². The predicted octanol–water partition coefficient (Wildman–Crippen LogP) is 4.80. The molecule has 1 saturated heterocycles. The Morgan fingerprint density at radius 1 is 1.06 bits per heavy atom. The van der Waals surface area contributed by atoms with Gasteiger partial charge in [-0.25, -0.2) is 4.39 Å². The molecule has 2 amide bonds. The first-order valence-corrected chi connectivity index (χ1v) is 12.0. The SMILES string of the molecule is CCOc1ccc(Oc2ccccc2NC(=O)C2CSC(Cc3ccc(F)cc3)C(=O)N2)cc1. The van der Waals surface area contributed by atoms with Gasteiger partial charge in [0.15, 0.2) is 5.75 Å². The number of thioether (sulfide) groups is 1. The highest BCUT2D eigenvalue weighted by Gasteiger charge is 2.32. The van der Waals surface area contributed by atoms with Crippen LogP contribution in [0.25, 0.3) is 0 Å². The van der Waals surface area contributed by atoms with E-state index in [-0.39, 0.29) is 22.9 Å². The third kappa shape index (κ3) is 6.08. The molecule has 0 radical (unpaired) electrons. The quantitative estimate of drug-likeness (QED) is 0.485. The smallest absolute Gasteiger partial charge is 0.247 e. The molecule has 2 N–H and O–H groups in total. The van der Waals surface area contributed by atoms with E-state index in [1.54, 1.807) is 42.5 Å². The van der Waals surface area contributed by atoms with Crippen LogP contribution in [-0.2, 0) is 16.0 Å². The molecule has 0 aliphatic carbocycles. The molecule has 4 rings (SSSR count). The van der Waals surface area contributed by atoms with Crippen molar-refractivity contribution in [1.82, 2.24) is 5.32 Å². The van der Waals surface area contributed by atoms with Crippen molar-refractivity contribution in [2.75, 3.05) is 17.7 Å². The zero-order valence-corrected chi connectivity index (χ0v) is 19.4. The second-order valence-corrected chi connectivity index (χ2v) is 8.94. The van der Waals surface area contributed by atoms with Crippen molar-refractivity contribution in [3.8, 4) is 17.2 Å². The number of anilines is 1. The van der Waals surface area contributed by atoms with E-state index in [0.29, 0.717) is 36.0 Å². The molecule has 3 aromatic rings. The van der Waals surface area contributed by atoms with Crippen molar-refractivity contribution in [1.29, 1.82) is 0 Å². The molecular formula is C26H25FN2O4S. The summed E-state index contributed by atoms with van der Waals surface area (Å²) in [5.41, 5.74) is 1.38. The highest BCUT2D eigenvalue weighted by molar-refractivity contribution is 8.00. The highest BCUT2D eigenvalue weighted by atomic mass is 32.2. The number of hydrogen-bond donors (Lipinski definition) is 2. The van der Waals surface area contributed by atoms with Crippen molar-refractivity contribution in [2.24, 2.45) is 0 Å². The molecule has 1 aliphatic rings. The molecule has 0 aromatic heterocycles. The third-order valence-corrected chi connectivity index (χ3v) is 6.54. The van der Waals surface area contributed by atoms with E-state index in [4.69, 9.17) is 9.47 Å². The molecule has 0 spiro atoms. The maximum absolute atomic E-state index is 13.1. The molecule has 1 heterocycles. The van der Waals surface area contributed by atoms with Crippen LogP contribution in [-0.4, -0.2) is 35.5 Å². The van der Waals surface area contributed by atoms with E-state index in [1.165, 1.54) is 23.9 Å². The van der Waals surface area contributed by atoms with Gasteiger partial charge in [-0.2, -0.15) is 0 Å². The maximum Gasteiger partial charge on any atom is 0.247 e. The Morgan fingerprint density at radius 3 is 2.47 bits per heavy atom. The number of hydrogen-bond acceptors (Lipinski definition) is 5. The number of para-hydroxylation sites is 2. The fraction of sp³-hybridized carbons (Fsp3) is 0.231. The molecule has 8 heteroatoms. The second kappa shape index (κ2) is 11.1. The maximum atomic E-state index is 13.1. The number of benzene rings is 3. The molecule has 0 saturated carbocycles. The molecular weight excluding hydrogens is 455 g/mol. The number of amides is 2. The molecule has 176 valence electrons. The topological polar surface area (TPSA) is 76.7 Å². The summed E-state index contributed by atoms with van der Waals surface area (Å²) in [4.78, 5) is 25.5. The van der Waals surface area contributed by atoms with Crippen molar-refractivity contribution in [3.05, 3.63) is 84.2 Å². The van der Waals surface area contributed by atoms with Gasteiger partial charge in [-0.05, 0) is 67.4 Å². The summed E-state index contributed by atoms with van der Waals surface area (Å²) < 4.78 is 24.5. The Labute approximate surface area is 201 Å². The molecule has 1 fully saturated rings. The minimum atomic E-state index is -0.666. The molecule has 0 bridgehead atoms. The first kappa shape index (κ1) is 23.6. The van der Waals surface area contributed by atoms with Gasteiger partial charge in [0.25, 0.3) is 0 Å². The van der Waals surface area contributed by atoms with Crippen LogP contribution in [0.5, 0.6) is 17.2 Å². The van der Waals surface area contributed by atoms with Crippen molar-refractivity contribution in [2.45, 2.75) is 24.6 Å². The van der Waals surface area contributed by atoms with Crippen LogP contribution in [0, 0.1) is 5.82 Å². The minimum absolute atomic E-state index is 0.209. The first-order chi connectivity index (χ1) is 16.5. The van der Waals surface area contributed by atoms with Crippen LogP contribution >= 0.6 is 11.8 Å². The molecule has 2 atom stereocenters. The van der Waals surface area contributed by atoms with Crippen molar-refractivity contribution in [3.63, 3.8) is 0 Å². The zero-order chi connectivity index (χ0) is 23.9. The summed E-state index contributed by atoms with van der Waals surface area (Å²) in [6, 6.07) is 19.8. The van der Waals surface area contributed by atoms with Crippen LogP contribution in [0.15, 0.2) is 72.8 Å². The first-order valence-electron chi connectivity index (χ1n) is 11.0. The molecule has 3 aromatic carbocycles. The van der Waals surface area contributed by atoms with Crippen molar-refractivity contribution >= 4 is 29.3 Å². The van der Waals surface area contributed by atoms with Crippen LogP contribution in [0.3, 0.4) is 0 Å². The Bertz CT molecular complexity index is 1140. The average Bonchev–Trinajstić information content (AvgIpc) is 2.84. The van der Waals surface area contributed by atoms with Gasteiger partial charge < -0.3 is 20.1 Å². The van der Waals surface area contributed by atoms with Crippen LogP contribution in [0.4, 0.5) is 10.1 Å². The Morgan fingerprint density at radius 2 is 1.76 bits per heavy atom. The van der Waals surface area contributed by atoms with Gasteiger partial charge in [-0.3, -0.25) is 9.59 Å². The van der Waals surface area contributed by atoms with Gasteiger partial charge in [0.05, 0.1) is 17.5 Å². The van der Waals surface area contributed by atoms with Gasteiger partial charge in [-0.15, -0.1) is 11.8 Å². The Kier molecular flexibility index (Phi) is 7.69. The molecule has 6 nitrogen and oxygen atoms in total. The number of ether oxygens (including phenoxy) is 2. The van der Waals surface area contributed by atoms with Gasteiger partial charge in [-0.1, -0.05) is 24.3 Å². The summed E-state index contributed by atoms with van der Waals surface area (Å²) in [6.45, 7) is 2.50. The number of nitrogens with one attached hydrogen (secondary N) is 2. The zero-order valence-electron chi connectivity index (χ0n) is 18.6. The molecule has 2 unspecified atom stereocenters. The fourth-order valence-corrected chi connectivity index (χ4v) is 4.69. The number of carbonyl (C=O) groups excluding carboxylic acids is 2. The van der Waals surface area contributed by atoms with E-state index in [1.807, 2.05) is 25.1 Å². The standard InChI is InChI=1S/C26H25FN2O4S/c1-2-32-19-11-13-20(14-12-19)33-23-6-4-3-5-21(23)28-25(30)22-16-34-24(26(31)29-22)15-17-7-9-18(27)10-8-17/h3-14,22,24H,2,15-16H2,1H3,(H,28,30)(H,29,31). The minimum Gasteiger partial charge on any atom is -0.494 e. The lowest BCUT2D eigenvalue weighted by Crippen LogP contribution is -2.52.